The van der Waals surface area contributed by atoms with Gasteiger partial charge in [-0.3, -0.25) is 4.79 Å². The molecule has 0 atom stereocenters. The molecule has 0 amide bonds. The highest BCUT2D eigenvalue weighted by atomic mass is 19.4. The lowest BCUT2D eigenvalue weighted by molar-refractivity contribution is -0.165. The van der Waals surface area contributed by atoms with E-state index in [0.717, 1.165) is 5.56 Å². The molecular formula is C15H18F3NO2. The maximum Gasteiger partial charge on any atom is 0.454 e. The Labute approximate surface area is 122 Å². The highest BCUT2D eigenvalue weighted by Crippen LogP contribution is 2.19. The molecule has 0 bridgehead atoms. The first kappa shape index (κ1) is 17.2. The van der Waals surface area contributed by atoms with Crippen molar-refractivity contribution in [1.29, 1.82) is 0 Å². The van der Waals surface area contributed by atoms with Crippen molar-refractivity contribution in [2.75, 3.05) is 20.3 Å². The third kappa shape index (κ3) is 5.99. The normalized spacial score (nSPS) is 12.3. The lowest BCUT2D eigenvalue weighted by Crippen LogP contribution is -2.28. The summed E-state index contributed by atoms with van der Waals surface area (Å²) in [5.74, 6) is -1.85. The molecule has 6 heteroatoms. The Morgan fingerprint density at radius 3 is 2.43 bits per heavy atom. The molecular weight excluding hydrogens is 283 g/mol. The summed E-state index contributed by atoms with van der Waals surface area (Å²) < 4.78 is 41.9. The van der Waals surface area contributed by atoms with Crippen molar-refractivity contribution < 1.29 is 22.7 Å². The van der Waals surface area contributed by atoms with Crippen molar-refractivity contribution in [3.63, 3.8) is 0 Å². The number of ketones is 1. The third-order valence-electron chi connectivity index (χ3n) is 2.90. The number of alkyl halides is 3. The maximum absolute atomic E-state index is 12.3. The molecule has 1 aromatic rings. The second-order valence-corrected chi connectivity index (χ2v) is 4.55. The number of methoxy groups -OCH3 is 1. The Balaban J connectivity index is 2.86. The van der Waals surface area contributed by atoms with Gasteiger partial charge in [0.2, 0.25) is 0 Å². The van der Waals surface area contributed by atoms with Crippen LogP contribution in [0.1, 0.15) is 12.5 Å². The van der Waals surface area contributed by atoms with E-state index in [1.54, 1.807) is 4.90 Å². The summed E-state index contributed by atoms with van der Waals surface area (Å²) in [7, 11) is 1.51. The molecule has 1 rings (SSSR count). The molecule has 0 aliphatic heterocycles. The minimum atomic E-state index is -4.85. The highest BCUT2D eigenvalue weighted by molar-refractivity contribution is 5.94. The Hall–Kier alpha value is -1.82. The van der Waals surface area contributed by atoms with Gasteiger partial charge in [-0.15, -0.1) is 0 Å². The zero-order chi connectivity index (χ0) is 15.9. The number of hydrogen-bond acceptors (Lipinski definition) is 3. The van der Waals surface area contributed by atoms with E-state index in [9.17, 15) is 18.0 Å². The molecule has 0 N–H and O–H groups in total. The Kier molecular flexibility index (Phi) is 6.42. The molecule has 0 unspecified atom stereocenters. The van der Waals surface area contributed by atoms with Gasteiger partial charge in [0.15, 0.2) is 0 Å². The Morgan fingerprint density at radius 1 is 1.29 bits per heavy atom. The molecule has 0 aliphatic rings. The van der Waals surface area contributed by atoms with Gasteiger partial charge in [-0.2, -0.15) is 13.2 Å². The minimum absolute atomic E-state index is 0.262. The van der Waals surface area contributed by atoms with Crippen LogP contribution in [-0.4, -0.2) is 37.1 Å². The first-order valence-electron chi connectivity index (χ1n) is 6.42. The van der Waals surface area contributed by atoms with E-state index in [-0.39, 0.29) is 5.70 Å². The first-order chi connectivity index (χ1) is 9.84. The lowest BCUT2D eigenvalue weighted by atomic mass is 10.2. The summed E-state index contributed by atoms with van der Waals surface area (Å²) in [5.41, 5.74) is 1.21. The summed E-state index contributed by atoms with van der Waals surface area (Å²) in [5, 5.41) is 0. The van der Waals surface area contributed by atoms with Crippen LogP contribution in [0, 0.1) is 0 Å². The second kappa shape index (κ2) is 7.83. The van der Waals surface area contributed by atoms with Gasteiger partial charge in [0.25, 0.3) is 5.78 Å². The van der Waals surface area contributed by atoms with E-state index in [4.69, 9.17) is 4.74 Å². The quantitative estimate of drug-likeness (QED) is 0.725. The topological polar surface area (TPSA) is 29.5 Å². The predicted molar refractivity (Wildman–Crippen MR) is 73.5 cm³/mol. The van der Waals surface area contributed by atoms with E-state index < -0.39 is 12.0 Å². The van der Waals surface area contributed by atoms with E-state index in [1.165, 1.54) is 14.0 Å². The SMILES string of the molecule is COCCN(Cc1ccccc1)C(C)=CC(=O)C(F)(F)F. The minimum Gasteiger partial charge on any atom is -0.383 e. The van der Waals surface area contributed by atoms with Crippen molar-refractivity contribution in [1.82, 2.24) is 4.90 Å². The maximum atomic E-state index is 12.3. The Bertz CT molecular complexity index is 483. The summed E-state index contributed by atoms with van der Waals surface area (Å²) in [4.78, 5) is 12.7. The van der Waals surface area contributed by atoms with Crippen LogP contribution in [0.3, 0.4) is 0 Å². The molecule has 0 saturated carbocycles. The van der Waals surface area contributed by atoms with Gasteiger partial charge < -0.3 is 9.64 Å². The molecule has 0 fully saturated rings. The fraction of sp³-hybridized carbons (Fsp3) is 0.400. The monoisotopic (exact) mass is 301 g/mol. The molecule has 116 valence electrons. The number of carbonyl (C=O) groups excluding carboxylic acids is 1. The van der Waals surface area contributed by atoms with Gasteiger partial charge in [0.05, 0.1) is 6.61 Å². The zero-order valence-electron chi connectivity index (χ0n) is 12.0. The zero-order valence-corrected chi connectivity index (χ0v) is 12.0. The van der Waals surface area contributed by atoms with Crippen LogP contribution >= 0.6 is 0 Å². The summed E-state index contributed by atoms with van der Waals surface area (Å²) in [6.07, 6.45) is -4.22. The average Bonchev–Trinajstić information content (AvgIpc) is 2.43. The average molecular weight is 301 g/mol. The van der Waals surface area contributed by atoms with Crippen LogP contribution < -0.4 is 0 Å². The van der Waals surface area contributed by atoms with Gasteiger partial charge in [0, 0.05) is 32.0 Å². The van der Waals surface area contributed by atoms with Gasteiger partial charge in [-0.05, 0) is 12.5 Å². The molecule has 1 aromatic carbocycles. The van der Waals surface area contributed by atoms with Crippen LogP contribution in [0.5, 0.6) is 0 Å². The second-order valence-electron chi connectivity index (χ2n) is 4.55. The third-order valence-corrected chi connectivity index (χ3v) is 2.90. The van der Waals surface area contributed by atoms with Gasteiger partial charge in [-0.1, -0.05) is 30.3 Å². The standard InChI is InChI=1S/C15H18F3NO2/c1-12(10-14(20)15(16,17)18)19(8-9-21-2)11-13-6-4-3-5-7-13/h3-7,10H,8-9,11H2,1-2H3. The van der Waals surface area contributed by atoms with Crippen molar-refractivity contribution in [2.24, 2.45) is 0 Å². The van der Waals surface area contributed by atoms with Crippen molar-refractivity contribution in [2.45, 2.75) is 19.6 Å². The fourth-order valence-electron chi connectivity index (χ4n) is 1.75. The number of benzene rings is 1. The molecule has 0 aromatic heterocycles. The van der Waals surface area contributed by atoms with E-state index in [1.807, 2.05) is 30.3 Å². The number of nitrogens with zero attached hydrogens (tertiary/aromatic N) is 1. The van der Waals surface area contributed by atoms with E-state index in [2.05, 4.69) is 0 Å². The lowest BCUT2D eigenvalue weighted by Gasteiger charge is -2.25. The van der Waals surface area contributed by atoms with E-state index in [0.29, 0.717) is 25.8 Å². The number of halogens is 3. The number of rotatable bonds is 7. The molecule has 0 heterocycles. The summed E-state index contributed by atoms with van der Waals surface area (Å²) >= 11 is 0. The van der Waals surface area contributed by atoms with Crippen molar-refractivity contribution >= 4 is 5.78 Å². The van der Waals surface area contributed by atoms with Gasteiger partial charge in [-0.25, -0.2) is 0 Å². The van der Waals surface area contributed by atoms with Crippen LogP contribution in [0.4, 0.5) is 13.2 Å². The molecule has 0 aliphatic carbocycles. The fourth-order valence-corrected chi connectivity index (χ4v) is 1.75. The van der Waals surface area contributed by atoms with Crippen LogP contribution in [0.15, 0.2) is 42.1 Å². The largest absolute Gasteiger partial charge is 0.454 e. The van der Waals surface area contributed by atoms with Crippen LogP contribution in [-0.2, 0) is 16.1 Å². The van der Waals surface area contributed by atoms with Crippen molar-refractivity contribution in [3.05, 3.63) is 47.7 Å². The summed E-state index contributed by atoms with van der Waals surface area (Å²) in [6, 6.07) is 9.31. The summed E-state index contributed by atoms with van der Waals surface area (Å²) in [6.45, 7) is 2.66. The molecule has 3 nitrogen and oxygen atoms in total. The molecule has 0 radical (unpaired) electrons. The van der Waals surface area contributed by atoms with Crippen molar-refractivity contribution in [3.8, 4) is 0 Å². The number of hydrogen-bond donors (Lipinski definition) is 0. The van der Waals surface area contributed by atoms with Gasteiger partial charge >= 0.3 is 6.18 Å². The molecule has 21 heavy (non-hydrogen) atoms. The Morgan fingerprint density at radius 2 is 1.90 bits per heavy atom. The smallest absolute Gasteiger partial charge is 0.383 e. The predicted octanol–water partition coefficient (Wildman–Crippen LogP) is 3.17. The van der Waals surface area contributed by atoms with Crippen LogP contribution in [0.25, 0.3) is 0 Å². The number of allylic oxidation sites excluding steroid dienone is 2. The highest BCUT2D eigenvalue weighted by Gasteiger charge is 2.36. The van der Waals surface area contributed by atoms with E-state index >= 15 is 0 Å². The van der Waals surface area contributed by atoms with Crippen LogP contribution in [0.2, 0.25) is 0 Å². The molecule has 0 saturated heterocycles. The number of carbonyl (C=O) groups is 1. The number of ether oxygens (including phenoxy) is 1. The first-order valence-corrected chi connectivity index (χ1v) is 6.42. The molecule has 0 spiro atoms. The van der Waals surface area contributed by atoms with Gasteiger partial charge in [0.1, 0.15) is 0 Å².